The lowest BCUT2D eigenvalue weighted by Gasteiger charge is -2.00. The van der Waals surface area contributed by atoms with E-state index in [1.807, 2.05) is 11.3 Å². The predicted molar refractivity (Wildman–Crippen MR) is 80.2 cm³/mol. The zero-order valence-electron chi connectivity index (χ0n) is 11.2. The number of imidazole rings is 2. The summed E-state index contributed by atoms with van der Waals surface area (Å²) in [5.41, 5.74) is 5.17. The Bertz CT molecular complexity index is 832. The van der Waals surface area contributed by atoms with Crippen molar-refractivity contribution in [2.45, 2.75) is 26.7 Å². The molecule has 0 aliphatic heterocycles. The Morgan fingerprint density at radius 3 is 2.90 bits per heavy atom. The Morgan fingerprint density at radius 2 is 2.20 bits per heavy atom. The monoisotopic (exact) mass is 335 g/mol. The first kappa shape index (κ1) is 13.2. The Labute approximate surface area is 123 Å². The average Bonchev–Trinajstić information content (AvgIpc) is 2.85. The molecule has 0 aliphatic carbocycles. The minimum absolute atomic E-state index is 0.0955. The van der Waals surface area contributed by atoms with Crippen LogP contribution in [0.2, 0.25) is 0 Å². The maximum Gasteiger partial charge on any atom is 0.303 e. The second kappa shape index (κ2) is 4.63. The van der Waals surface area contributed by atoms with E-state index in [0.717, 1.165) is 32.7 Å². The van der Waals surface area contributed by atoms with E-state index in [0.29, 0.717) is 6.42 Å². The fraction of sp³-hybridized carbons (Fsp3) is 0.286. The van der Waals surface area contributed by atoms with Crippen LogP contribution in [0.15, 0.2) is 16.7 Å². The van der Waals surface area contributed by atoms with Crippen molar-refractivity contribution in [3.63, 3.8) is 0 Å². The second-order valence-corrected chi connectivity index (χ2v) is 5.76. The highest BCUT2D eigenvalue weighted by Crippen LogP contribution is 2.28. The van der Waals surface area contributed by atoms with Crippen LogP contribution in [0.3, 0.4) is 0 Å². The number of aromatic nitrogens is 3. The van der Waals surface area contributed by atoms with Crippen molar-refractivity contribution in [1.82, 2.24) is 14.4 Å². The number of fused-ring (bicyclic) bond motifs is 3. The van der Waals surface area contributed by atoms with Gasteiger partial charge in [0, 0.05) is 12.1 Å². The lowest BCUT2D eigenvalue weighted by molar-refractivity contribution is -0.136. The van der Waals surface area contributed by atoms with E-state index in [9.17, 15) is 4.79 Å². The van der Waals surface area contributed by atoms with Crippen LogP contribution in [-0.4, -0.2) is 25.4 Å². The van der Waals surface area contributed by atoms with Crippen LogP contribution >= 0.6 is 15.9 Å². The first-order valence-electron chi connectivity index (χ1n) is 6.35. The van der Waals surface area contributed by atoms with Gasteiger partial charge < -0.3 is 10.1 Å². The van der Waals surface area contributed by atoms with Crippen molar-refractivity contribution in [2.75, 3.05) is 0 Å². The number of hydrogen-bond donors (Lipinski definition) is 2. The van der Waals surface area contributed by atoms with Crippen molar-refractivity contribution in [3.8, 4) is 0 Å². The molecule has 0 fully saturated rings. The summed E-state index contributed by atoms with van der Waals surface area (Å²) >= 11 is 3.55. The molecule has 0 saturated carbocycles. The van der Waals surface area contributed by atoms with E-state index < -0.39 is 5.97 Å². The smallest absolute Gasteiger partial charge is 0.303 e. The molecule has 2 aromatic heterocycles. The van der Waals surface area contributed by atoms with E-state index >= 15 is 0 Å². The van der Waals surface area contributed by atoms with Gasteiger partial charge in [0.1, 0.15) is 4.60 Å². The number of H-pyrrole nitrogens is 1. The Balaban J connectivity index is 2.20. The minimum Gasteiger partial charge on any atom is -0.481 e. The molecule has 1 aromatic carbocycles. The zero-order chi connectivity index (χ0) is 14.4. The maximum atomic E-state index is 10.7. The topological polar surface area (TPSA) is 70.4 Å². The molecule has 0 amide bonds. The summed E-state index contributed by atoms with van der Waals surface area (Å²) in [6.07, 6.45) is 0.545. The number of carbonyl (C=O) groups is 1. The number of aliphatic carboxylic acids is 1. The number of aryl methyl sites for hydroxylation is 3. The Morgan fingerprint density at radius 1 is 1.45 bits per heavy atom. The SMILES string of the molecule is Cc1cc(C)c2nc3[nH]c(CCC(=O)O)c(Br)n3c2c1. The third-order valence-corrected chi connectivity index (χ3v) is 4.23. The minimum atomic E-state index is -0.805. The quantitative estimate of drug-likeness (QED) is 0.772. The number of halogens is 1. The van der Waals surface area contributed by atoms with E-state index in [4.69, 9.17) is 5.11 Å². The molecule has 104 valence electrons. The molecule has 0 aliphatic rings. The molecular weight excluding hydrogens is 322 g/mol. The number of hydrogen-bond acceptors (Lipinski definition) is 2. The normalized spacial score (nSPS) is 11.6. The molecule has 2 N–H and O–H groups in total. The summed E-state index contributed by atoms with van der Waals surface area (Å²) in [5, 5.41) is 8.78. The number of carboxylic acid groups (broad SMARTS) is 1. The molecule has 0 atom stereocenters. The summed E-state index contributed by atoms with van der Waals surface area (Å²) in [6, 6.07) is 4.19. The highest BCUT2D eigenvalue weighted by Gasteiger charge is 2.16. The van der Waals surface area contributed by atoms with Gasteiger partial charge >= 0.3 is 5.97 Å². The highest BCUT2D eigenvalue weighted by molar-refractivity contribution is 9.10. The first-order valence-corrected chi connectivity index (χ1v) is 7.14. The van der Waals surface area contributed by atoms with E-state index in [1.165, 1.54) is 5.56 Å². The summed E-state index contributed by atoms with van der Waals surface area (Å²) in [6.45, 7) is 4.10. The summed E-state index contributed by atoms with van der Waals surface area (Å²) in [4.78, 5) is 18.5. The van der Waals surface area contributed by atoms with Gasteiger partial charge in [-0.05, 0) is 47.0 Å². The van der Waals surface area contributed by atoms with Crippen molar-refractivity contribution < 1.29 is 9.90 Å². The molecule has 2 heterocycles. The van der Waals surface area contributed by atoms with Crippen LogP contribution in [0, 0.1) is 13.8 Å². The van der Waals surface area contributed by atoms with Gasteiger partial charge in [-0.2, -0.15) is 0 Å². The van der Waals surface area contributed by atoms with Gasteiger partial charge in [-0.25, -0.2) is 4.98 Å². The molecule has 0 bridgehead atoms. The van der Waals surface area contributed by atoms with Gasteiger partial charge in [0.15, 0.2) is 0 Å². The van der Waals surface area contributed by atoms with Gasteiger partial charge in [-0.15, -0.1) is 0 Å². The molecule has 0 unspecified atom stereocenters. The van der Waals surface area contributed by atoms with Crippen molar-refractivity contribution in [2.24, 2.45) is 0 Å². The van der Waals surface area contributed by atoms with Gasteiger partial charge in [0.25, 0.3) is 0 Å². The number of benzene rings is 1. The zero-order valence-corrected chi connectivity index (χ0v) is 12.8. The number of carboxylic acids is 1. The summed E-state index contributed by atoms with van der Waals surface area (Å²) in [7, 11) is 0. The van der Waals surface area contributed by atoms with Gasteiger partial charge in [-0.3, -0.25) is 9.20 Å². The van der Waals surface area contributed by atoms with Crippen molar-refractivity contribution in [1.29, 1.82) is 0 Å². The Kier molecular flexibility index (Phi) is 3.05. The standard InChI is InChI=1S/C14H14BrN3O2/c1-7-5-8(2)12-10(6-7)18-13(15)9(3-4-11(19)20)16-14(18)17-12/h5-6H,3-4H2,1-2H3,(H,16,17)(H,19,20). The van der Waals surface area contributed by atoms with E-state index in [2.05, 4.69) is 45.0 Å². The number of rotatable bonds is 3. The molecule has 3 rings (SSSR count). The Hall–Kier alpha value is -1.82. The fourth-order valence-electron chi connectivity index (χ4n) is 2.53. The van der Waals surface area contributed by atoms with Crippen molar-refractivity contribution in [3.05, 3.63) is 33.6 Å². The van der Waals surface area contributed by atoms with E-state index in [1.54, 1.807) is 0 Å². The maximum absolute atomic E-state index is 10.7. The largest absolute Gasteiger partial charge is 0.481 e. The third-order valence-electron chi connectivity index (χ3n) is 3.39. The average molecular weight is 336 g/mol. The van der Waals surface area contributed by atoms with Crippen LogP contribution in [-0.2, 0) is 11.2 Å². The lowest BCUT2D eigenvalue weighted by atomic mass is 10.1. The van der Waals surface area contributed by atoms with Crippen LogP contribution in [0.4, 0.5) is 0 Å². The first-order chi connectivity index (χ1) is 9.47. The number of nitrogens with zero attached hydrogens (tertiary/aromatic N) is 2. The highest BCUT2D eigenvalue weighted by atomic mass is 79.9. The number of nitrogens with one attached hydrogen (secondary N) is 1. The molecule has 5 nitrogen and oxygen atoms in total. The molecule has 0 radical (unpaired) electrons. The predicted octanol–water partition coefficient (Wildman–Crippen LogP) is 3.21. The van der Waals surface area contributed by atoms with Crippen LogP contribution in [0.25, 0.3) is 16.8 Å². The summed E-state index contributed by atoms with van der Waals surface area (Å²) in [5.74, 6) is -0.0679. The molecule has 0 spiro atoms. The van der Waals surface area contributed by atoms with Gasteiger partial charge in [0.05, 0.1) is 17.5 Å². The molecule has 3 aromatic rings. The van der Waals surface area contributed by atoms with Gasteiger partial charge in [-0.1, -0.05) is 6.07 Å². The number of aromatic amines is 1. The van der Waals surface area contributed by atoms with Crippen LogP contribution in [0.1, 0.15) is 23.2 Å². The van der Waals surface area contributed by atoms with Crippen LogP contribution < -0.4 is 0 Å². The second-order valence-electron chi connectivity index (χ2n) is 5.01. The fourth-order valence-corrected chi connectivity index (χ4v) is 3.18. The lowest BCUT2D eigenvalue weighted by Crippen LogP contribution is -1.98. The van der Waals surface area contributed by atoms with Crippen molar-refractivity contribution >= 4 is 38.7 Å². The van der Waals surface area contributed by atoms with Gasteiger partial charge in [0.2, 0.25) is 5.78 Å². The molecule has 20 heavy (non-hydrogen) atoms. The molecule has 6 heteroatoms. The van der Waals surface area contributed by atoms with E-state index in [-0.39, 0.29) is 6.42 Å². The third kappa shape index (κ3) is 2.00. The summed E-state index contributed by atoms with van der Waals surface area (Å²) < 4.78 is 2.84. The van der Waals surface area contributed by atoms with Crippen LogP contribution in [0.5, 0.6) is 0 Å². The molecule has 0 saturated heterocycles. The molecular formula is C14H14BrN3O2.